The molecule has 0 unspecified atom stereocenters. The van der Waals surface area contributed by atoms with Gasteiger partial charge in [-0.25, -0.2) is 12.8 Å². The van der Waals surface area contributed by atoms with Gasteiger partial charge in [0, 0.05) is 5.56 Å². The maximum absolute atomic E-state index is 13.6. The lowest BCUT2D eigenvalue weighted by atomic mass is 10.2. The van der Waals surface area contributed by atoms with Crippen molar-refractivity contribution in [2.24, 2.45) is 0 Å². The van der Waals surface area contributed by atoms with Gasteiger partial charge in [0.25, 0.3) is 0 Å². The van der Waals surface area contributed by atoms with Crippen molar-refractivity contribution in [3.05, 3.63) is 58.4 Å². The molecule has 0 atom stereocenters. The highest BCUT2D eigenvalue weighted by molar-refractivity contribution is 7.89. The molecule has 7 heteroatoms. The van der Waals surface area contributed by atoms with Gasteiger partial charge >= 0.3 is 0 Å². The Labute approximate surface area is 132 Å². The summed E-state index contributed by atoms with van der Waals surface area (Å²) in [4.78, 5) is 0. The lowest BCUT2D eigenvalue weighted by Crippen LogP contribution is -2.09. The molecule has 22 heavy (non-hydrogen) atoms. The molecule has 4 nitrogen and oxygen atoms in total. The SMILES string of the molecule is O=S(=O)(Cc1cc(Cl)c2c(c1)OCO2)Cc1ccccc1F. The van der Waals surface area contributed by atoms with Crippen LogP contribution in [0.25, 0.3) is 0 Å². The Morgan fingerprint density at radius 1 is 1.14 bits per heavy atom. The number of fused-ring (bicyclic) bond motifs is 1. The summed E-state index contributed by atoms with van der Waals surface area (Å²) in [5.41, 5.74) is 0.625. The maximum atomic E-state index is 13.6. The Hall–Kier alpha value is -1.79. The minimum atomic E-state index is -3.54. The highest BCUT2D eigenvalue weighted by Gasteiger charge is 2.21. The van der Waals surface area contributed by atoms with Gasteiger partial charge in [0.2, 0.25) is 6.79 Å². The fourth-order valence-electron chi connectivity index (χ4n) is 2.26. The molecule has 0 bridgehead atoms. The lowest BCUT2D eigenvalue weighted by molar-refractivity contribution is 0.174. The maximum Gasteiger partial charge on any atom is 0.231 e. The van der Waals surface area contributed by atoms with Gasteiger partial charge in [0.15, 0.2) is 21.3 Å². The van der Waals surface area contributed by atoms with Gasteiger partial charge in [-0.15, -0.1) is 0 Å². The van der Waals surface area contributed by atoms with E-state index in [-0.39, 0.29) is 23.9 Å². The van der Waals surface area contributed by atoms with Crippen LogP contribution in [0.3, 0.4) is 0 Å². The van der Waals surface area contributed by atoms with Gasteiger partial charge in [-0.3, -0.25) is 0 Å². The summed E-state index contributed by atoms with van der Waals surface area (Å²) < 4.78 is 48.5. The molecule has 0 saturated carbocycles. The molecule has 1 heterocycles. The van der Waals surface area contributed by atoms with Crippen LogP contribution in [0, 0.1) is 5.82 Å². The zero-order valence-corrected chi connectivity index (χ0v) is 13.0. The van der Waals surface area contributed by atoms with E-state index in [1.807, 2.05) is 0 Å². The Morgan fingerprint density at radius 2 is 1.91 bits per heavy atom. The van der Waals surface area contributed by atoms with E-state index < -0.39 is 15.7 Å². The minimum absolute atomic E-state index is 0.0560. The van der Waals surface area contributed by atoms with Gasteiger partial charge in [-0.05, 0) is 23.8 Å². The van der Waals surface area contributed by atoms with Crippen molar-refractivity contribution in [3.8, 4) is 11.5 Å². The van der Waals surface area contributed by atoms with Crippen molar-refractivity contribution < 1.29 is 22.3 Å². The van der Waals surface area contributed by atoms with Gasteiger partial charge < -0.3 is 9.47 Å². The lowest BCUT2D eigenvalue weighted by Gasteiger charge is -2.07. The first kappa shape index (κ1) is 15.1. The molecule has 0 radical (unpaired) electrons. The third-order valence-corrected chi connectivity index (χ3v) is 5.01. The van der Waals surface area contributed by atoms with Crippen molar-refractivity contribution in [3.63, 3.8) is 0 Å². The zero-order valence-electron chi connectivity index (χ0n) is 11.4. The quantitative estimate of drug-likeness (QED) is 0.855. The third kappa shape index (κ3) is 3.18. The van der Waals surface area contributed by atoms with Crippen LogP contribution in [0.1, 0.15) is 11.1 Å². The van der Waals surface area contributed by atoms with E-state index in [9.17, 15) is 12.8 Å². The molecule has 0 aromatic heterocycles. The smallest absolute Gasteiger partial charge is 0.231 e. The molecule has 2 aromatic carbocycles. The summed E-state index contributed by atoms with van der Waals surface area (Å²) in [6.45, 7) is 0.0560. The summed E-state index contributed by atoms with van der Waals surface area (Å²) in [7, 11) is -3.54. The Bertz CT molecular complexity index is 820. The van der Waals surface area contributed by atoms with Crippen molar-refractivity contribution in [1.82, 2.24) is 0 Å². The number of benzene rings is 2. The van der Waals surface area contributed by atoms with Crippen LogP contribution in [0.4, 0.5) is 4.39 Å². The van der Waals surface area contributed by atoms with Gasteiger partial charge in [0.05, 0.1) is 16.5 Å². The van der Waals surface area contributed by atoms with Crippen LogP contribution in [-0.4, -0.2) is 15.2 Å². The normalized spacial score (nSPS) is 13.4. The van der Waals surface area contributed by atoms with Gasteiger partial charge in [-0.1, -0.05) is 29.8 Å². The second-order valence-electron chi connectivity index (χ2n) is 4.94. The molecule has 116 valence electrons. The van der Waals surface area contributed by atoms with Crippen LogP contribution in [0.15, 0.2) is 36.4 Å². The Balaban J connectivity index is 1.83. The molecular weight excluding hydrogens is 331 g/mol. The molecule has 0 fully saturated rings. The first-order valence-corrected chi connectivity index (χ1v) is 8.66. The zero-order chi connectivity index (χ0) is 15.7. The molecule has 0 saturated heterocycles. The van der Waals surface area contributed by atoms with Crippen LogP contribution in [0.5, 0.6) is 11.5 Å². The number of ether oxygens (including phenoxy) is 2. The average Bonchev–Trinajstić information content (AvgIpc) is 2.89. The predicted octanol–water partition coefficient (Wildman–Crippen LogP) is 3.32. The van der Waals surface area contributed by atoms with Crippen LogP contribution < -0.4 is 9.47 Å². The van der Waals surface area contributed by atoms with E-state index in [4.69, 9.17) is 21.1 Å². The summed E-state index contributed by atoms with van der Waals surface area (Å²) >= 11 is 6.03. The molecule has 0 amide bonds. The predicted molar refractivity (Wildman–Crippen MR) is 80.3 cm³/mol. The molecule has 0 spiro atoms. The second-order valence-corrected chi connectivity index (χ2v) is 7.41. The van der Waals surface area contributed by atoms with Gasteiger partial charge in [0.1, 0.15) is 5.82 Å². The van der Waals surface area contributed by atoms with Crippen molar-refractivity contribution in [2.45, 2.75) is 11.5 Å². The molecule has 1 aliphatic heterocycles. The molecule has 1 aliphatic rings. The second kappa shape index (κ2) is 5.78. The fourth-order valence-corrected chi connectivity index (χ4v) is 4.03. The summed E-state index contributed by atoms with van der Waals surface area (Å²) in [6.07, 6.45) is 0. The van der Waals surface area contributed by atoms with Crippen molar-refractivity contribution >= 4 is 21.4 Å². The highest BCUT2D eigenvalue weighted by atomic mass is 35.5. The monoisotopic (exact) mass is 342 g/mol. The molecule has 0 aliphatic carbocycles. The number of hydrogen-bond donors (Lipinski definition) is 0. The third-order valence-electron chi connectivity index (χ3n) is 3.21. The Kier molecular flexibility index (Phi) is 3.97. The average molecular weight is 343 g/mol. The summed E-state index contributed by atoms with van der Waals surface area (Å²) in [6, 6.07) is 8.91. The van der Waals surface area contributed by atoms with E-state index in [0.29, 0.717) is 22.1 Å². The topological polar surface area (TPSA) is 52.6 Å². The Morgan fingerprint density at radius 3 is 2.68 bits per heavy atom. The first-order valence-electron chi connectivity index (χ1n) is 6.46. The summed E-state index contributed by atoms with van der Waals surface area (Å²) in [5.74, 6) is -0.320. The van der Waals surface area contributed by atoms with E-state index in [1.165, 1.54) is 24.3 Å². The van der Waals surface area contributed by atoms with Crippen LogP contribution >= 0.6 is 11.6 Å². The molecule has 2 aromatic rings. The minimum Gasteiger partial charge on any atom is -0.454 e. The first-order chi connectivity index (χ1) is 10.4. The number of halogens is 2. The van der Waals surface area contributed by atoms with Gasteiger partial charge in [-0.2, -0.15) is 0 Å². The number of rotatable bonds is 4. The van der Waals surface area contributed by atoms with Crippen LogP contribution in [-0.2, 0) is 21.3 Å². The fraction of sp³-hybridized carbons (Fsp3) is 0.200. The number of hydrogen-bond acceptors (Lipinski definition) is 4. The van der Waals surface area contributed by atoms with Crippen LogP contribution in [0.2, 0.25) is 5.02 Å². The van der Waals surface area contributed by atoms with Crippen molar-refractivity contribution in [2.75, 3.05) is 6.79 Å². The van der Waals surface area contributed by atoms with E-state index in [1.54, 1.807) is 12.1 Å². The van der Waals surface area contributed by atoms with E-state index >= 15 is 0 Å². The van der Waals surface area contributed by atoms with Crippen molar-refractivity contribution in [1.29, 1.82) is 0 Å². The molecule has 3 rings (SSSR count). The van der Waals surface area contributed by atoms with E-state index in [0.717, 1.165) is 0 Å². The molecular formula is C15H12ClFO4S. The standard InChI is InChI=1S/C15H12ClFO4S/c16-12-5-10(6-14-15(12)21-9-20-14)7-22(18,19)8-11-3-1-2-4-13(11)17/h1-6H,7-9H2. The van der Waals surface area contributed by atoms with E-state index in [2.05, 4.69) is 0 Å². The summed E-state index contributed by atoms with van der Waals surface area (Å²) in [5, 5.41) is 0.297. The molecule has 0 N–H and O–H groups in total. The highest BCUT2D eigenvalue weighted by Crippen LogP contribution is 2.40. The number of sulfone groups is 1. The largest absolute Gasteiger partial charge is 0.454 e.